The number of hydrogen-bond acceptors (Lipinski definition) is 6. The van der Waals surface area contributed by atoms with E-state index < -0.39 is 23.2 Å². The number of carbonyl (C=O) groups excluding carboxylic acids is 3. The molecule has 3 atom stereocenters. The molecule has 30 heavy (non-hydrogen) atoms. The Morgan fingerprint density at radius 1 is 1.20 bits per heavy atom. The third kappa shape index (κ3) is 4.86. The van der Waals surface area contributed by atoms with Gasteiger partial charge in [-0.15, -0.1) is 0 Å². The molecule has 1 saturated heterocycles. The summed E-state index contributed by atoms with van der Waals surface area (Å²) in [5.41, 5.74) is -0.549. The predicted molar refractivity (Wildman–Crippen MR) is 109 cm³/mol. The maximum Gasteiger partial charge on any atom is 0.410 e. The van der Waals surface area contributed by atoms with Gasteiger partial charge in [0.15, 0.2) is 0 Å². The monoisotopic (exact) mass is 418 g/mol. The Balaban J connectivity index is 1.62. The highest BCUT2D eigenvalue weighted by atomic mass is 16.6. The maximum absolute atomic E-state index is 12.7. The molecule has 1 N–H and O–H groups in total. The van der Waals surface area contributed by atoms with E-state index in [-0.39, 0.29) is 31.1 Å². The molecule has 0 aromatic heterocycles. The SMILES string of the molecule is COC(=O)[C@]12C[C@H](NC(=O)OC(C)(C)C)C[C@H]1CN(C(=O)OCc1ccccc1)C2. The number of carbonyl (C=O) groups is 3. The molecular formula is C22H30N2O6. The number of amides is 2. The van der Waals surface area contributed by atoms with Crippen molar-refractivity contribution in [3.8, 4) is 0 Å². The minimum Gasteiger partial charge on any atom is -0.469 e. The highest BCUT2D eigenvalue weighted by molar-refractivity contribution is 5.81. The standard InChI is InChI=1S/C22H30N2O6/c1-21(2,3)30-19(26)23-17-10-16-12-24(14-22(16,11-17)18(25)28-4)20(27)29-13-15-8-6-5-7-9-15/h5-9,16-17H,10-14H2,1-4H3,(H,23,26)/t16-,17+,22-/m0/s1. The highest BCUT2D eigenvalue weighted by Crippen LogP contribution is 2.49. The fourth-order valence-electron chi connectivity index (χ4n) is 4.42. The number of nitrogens with zero attached hydrogens (tertiary/aromatic N) is 1. The molecule has 1 aliphatic heterocycles. The molecule has 3 rings (SSSR count). The summed E-state index contributed by atoms with van der Waals surface area (Å²) in [4.78, 5) is 39.0. The number of nitrogens with one attached hydrogen (secondary N) is 1. The summed E-state index contributed by atoms with van der Waals surface area (Å²) >= 11 is 0. The molecule has 8 heteroatoms. The fourth-order valence-corrected chi connectivity index (χ4v) is 4.42. The minimum atomic E-state index is -0.847. The Bertz CT molecular complexity index is 791. The number of methoxy groups -OCH3 is 1. The van der Waals surface area contributed by atoms with E-state index in [9.17, 15) is 14.4 Å². The Morgan fingerprint density at radius 2 is 1.90 bits per heavy atom. The molecule has 1 aliphatic carbocycles. The van der Waals surface area contributed by atoms with Gasteiger partial charge in [0.1, 0.15) is 12.2 Å². The summed E-state index contributed by atoms with van der Waals surface area (Å²) in [5, 5.41) is 2.85. The summed E-state index contributed by atoms with van der Waals surface area (Å²) in [6.45, 7) is 6.16. The summed E-state index contributed by atoms with van der Waals surface area (Å²) in [7, 11) is 1.35. The lowest BCUT2D eigenvalue weighted by molar-refractivity contribution is -0.153. The first-order valence-corrected chi connectivity index (χ1v) is 10.2. The van der Waals surface area contributed by atoms with Crippen LogP contribution in [0.3, 0.4) is 0 Å². The Labute approximate surface area is 176 Å². The lowest BCUT2D eigenvalue weighted by Crippen LogP contribution is -2.42. The molecule has 1 heterocycles. The van der Waals surface area contributed by atoms with Gasteiger partial charge in [0.2, 0.25) is 0 Å². The van der Waals surface area contributed by atoms with E-state index in [0.717, 1.165) is 5.56 Å². The van der Waals surface area contributed by atoms with Gasteiger partial charge in [0, 0.05) is 19.1 Å². The minimum absolute atomic E-state index is 0.117. The van der Waals surface area contributed by atoms with Crippen LogP contribution in [0.5, 0.6) is 0 Å². The molecule has 0 unspecified atom stereocenters. The van der Waals surface area contributed by atoms with Crippen LogP contribution in [0, 0.1) is 11.3 Å². The van der Waals surface area contributed by atoms with Crippen molar-refractivity contribution >= 4 is 18.2 Å². The first-order chi connectivity index (χ1) is 14.1. The van der Waals surface area contributed by atoms with Gasteiger partial charge in [-0.25, -0.2) is 9.59 Å². The van der Waals surface area contributed by atoms with E-state index in [1.165, 1.54) is 7.11 Å². The van der Waals surface area contributed by atoms with Crippen molar-refractivity contribution in [1.29, 1.82) is 0 Å². The normalized spacial score (nSPS) is 25.4. The molecule has 2 amide bonds. The van der Waals surface area contributed by atoms with Crippen LogP contribution in [-0.4, -0.2) is 54.9 Å². The zero-order chi connectivity index (χ0) is 21.9. The Kier molecular flexibility index (Phi) is 6.24. The zero-order valence-electron chi connectivity index (χ0n) is 18.0. The lowest BCUT2D eigenvalue weighted by atomic mass is 9.81. The maximum atomic E-state index is 12.7. The van der Waals surface area contributed by atoms with E-state index in [1.54, 1.807) is 25.7 Å². The average molecular weight is 418 g/mol. The molecule has 0 radical (unpaired) electrons. The summed E-state index contributed by atoms with van der Waals surface area (Å²) < 4.78 is 15.8. The van der Waals surface area contributed by atoms with Crippen molar-refractivity contribution in [2.45, 2.75) is 51.9 Å². The Morgan fingerprint density at radius 3 is 2.53 bits per heavy atom. The number of ether oxygens (including phenoxy) is 3. The summed E-state index contributed by atoms with van der Waals surface area (Å²) in [5.74, 6) is -0.478. The molecule has 2 aliphatic rings. The van der Waals surface area contributed by atoms with E-state index >= 15 is 0 Å². The van der Waals surface area contributed by atoms with Crippen LogP contribution in [-0.2, 0) is 25.6 Å². The second kappa shape index (κ2) is 8.53. The van der Waals surface area contributed by atoms with Gasteiger partial charge in [-0.2, -0.15) is 0 Å². The van der Waals surface area contributed by atoms with E-state index in [2.05, 4.69) is 5.32 Å². The van der Waals surface area contributed by atoms with E-state index in [0.29, 0.717) is 19.4 Å². The lowest BCUT2D eigenvalue weighted by Gasteiger charge is -2.26. The Hall–Kier alpha value is -2.77. The number of alkyl carbamates (subject to hydrolysis) is 1. The van der Waals surface area contributed by atoms with Gasteiger partial charge < -0.3 is 24.4 Å². The molecule has 164 valence electrons. The number of esters is 1. The van der Waals surface area contributed by atoms with Crippen molar-refractivity contribution in [3.05, 3.63) is 35.9 Å². The predicted octanol–water partition coefficient (Wildman–Crippen LogP) is 3.10. The van der Waals surface area contributed by atoms with Gasteiger partial charge in [0.25, 0.3) is 0 Å². The van der Waals surface area contributed by atoms with Crippen LogP contribution in [0.2, 0.25) is 0 Å². The van der Waals surface area contributed by atoms with Crippen LogP contribution in [0.1, 0.15) is 39.2 Å². The summed E-state index contributed by atoms with van der Waals surface area (Å²) in [6.07, 6.45) is 0.00265. The number of hydrogen-bond donors (Lipinski definition) is 1. The largest absolute Gasteiger partial charge is 0.469 e. The summed E-state index contributed by atoms with van der Waals surface area (Å²) in [6, 6.07) is 9.21. The molecular weight excluding hydrogens is 388 g/mol. The number of rotatable bonds is 4. The van der Waals surface area contributed by atoms with Crippen molar-refractivity contribution in [1.82, 2.24) is 10.2 Å². The van der Waals surface area contributed by atoms with Gasteiger partial charge in [-0.1, -0.05) is 30.3 Å². The van der Waals surface area contributed by atoms with Crippen LogP contribution in [0.25, 0.3) is 0 Å². The smallest absolute Gasteiger partial charge is 0.410 e. The highest BCUT2D eigenvalue weighted by Gasteiger charge is 2.59. The molecule has 1 saturated carbocycles. The molecule has 0 spiro atoms. The number of benzene rings is 1. The van der Waals surface area contributed by atoms with Gasteiger partial charge in [-0.3, -0.25) is 4.79 Å². The second-order valence-corrected chi connectivity index (χ2v) is 9.05. The van der Waals surface area contributed by atoms with Crippen LogP contribution >= 0.6 is 0 Å². The number of fused-ring (bicyclic) bond motifs is 1. The molecule has 1 aromatic rings. The van der Waals surface area contributed by atoms with Gasteiger partial charge in [0.05, 0.1) is 12.5 Å². The van der Waals surface area contributed by atoms with Gasteiger partial charge in [-0.05, 0) is 45.1 Å². The first-order valence-electron chi connectivity index (χ1n) is 10.2. The van der Waals surface area contributed by atoms with Crippen molar-refractivity contribution in [2.75, 3.05) is 20.2 Å². The number of likely N-dealkylation sites (tertiary alicyclic amines) is 1. The fraction of sp³-hybridized carbons (Fsp3) is 0.591. The third-order valence-corrected chi connectivity index (χ3v) is 5.65. The first kappa shape index (κ1) is 21.9. The quantitative estimate of drug-likeness (QED) is 0.596. The molecule has 8 nitrogen and oxygen atoms in total. The van der Waals surface area contributed by atoms with Gasteiger partial charge >= 0.3 is 18.2 Å². The van der Waals surface area contributed by atoms with Crippen LogP contribution in [0.15, 0.2) is 30.3 Å². The topological polar surface area (TPSA) is 94.2 Å². The molecule has 1 aromatic carbocycles. The zero-order valence-corrected chi connectivity index (χ0v) is 18.0. The molecule has 0 bridgehead atoms. The van der Waals surface area contributed by atoms with Crippen molar-refractivity contribution < 1.29 is 28.6 Å². The molecule has 2 fully saturated rings. The average Bonchev–Trinajstić information content (AvgIpc) is 3.19. The van der Waals surface area contributed by atoms with Crippen LogP contribution < -0.4 is 5.32 Å². The van der Waals surface area contributed by atoms with E-state index in [1.807, 2.05) is 30.3 Å². The van der Waals surface area contributed by atoms with Crippen molar-refractivity contribution in [2.24, 2.45) is 11.3 Å². The van der Waals surface area contributed by atoms with Crippen molar-refractivity contribution in [3.63, 3.8) is 0 Å². The third-order valence-electron chi connectivity index (χ3n) is 5.65. The van der Waals surface area contributed by atoms with E-state index in [4.69, 9.17) is 14.2 Å². The van der Waals surface area contributed by atoms with Crippen LogP contribution in [0.4, 0.5) is 9.59 Å². The second-order valence-electron chi connectivity index (χ2n) is 9.05.